The lowest BCUT2D eigenvalue weighted by Gasteiger charge is -2.53. The first kappa shape index (κ1) is 25.6. The number of aromatic hydroxyl groups is 1. The SMILES string of the molecule is C[C@H]1c2ccc(-c3ccccn3)c(O)c2C(O)=C2C(=O)[C@]3(O)C(O)=C(C(N)=O)C(=O)[C@@H](N(C)C)C3[C@@H](O)C21. The minimum Gasteiger partial charge on any atom is -0.508 e. The number of fused-ring (bicyclic) bond motifs is 3. The average molecular weight is 522 g/mol. The normalized spacial score (nSPS) is 30.7. The maximum Gasteiger partial charge on any atom is 0.255 e. The van der Waals surface area contributed by atoms with E-state index in [9.17, 15) is 39.9 Å². The molecule has 1 amide bonds. The number of phenolic OH excluding ortho intramolecular Hbond substituents is 1. The van der Waals surface area contributed by atoms with Gasteiger partial charge < -0.3 is 31.3 Å². The number of pyridine rings is 1. The largest absolute Gasteiger partial charge is 0.508 e. The Morgan fingerprint density at radius 2 is 1.79 bits per heavy atom. The fourth-order valence-electron chi connectivity index (χ4n) is 6.35. The first-order valence-corrected chi connectivity index (χ1v) is 12.0. The molecule has 0 radical (unpaired) electrons. The number of nitrogens with two attached hydrogens (primary N) is 1. The summed E-state index contributed by atoms with van der Waals surface area (Å²) >= 11 is 0. The number of carbonyl (C=O) groups excluding carboxylic acids is 3. The minimum atomic E-state index is -2.95. The van der Waals surface area contributed by atoms with Gasteiger partial charge in [0.1, 0.15) is 22.8 Å². The van der Waals surface area contributed by atoms with Crippen LogP contribution in [0.2, 0.25) is 0 Å². The van der Waals surface area contributed by atoms with Gasteiger partial charge in [-0.1, -0.05) is 19.1 Å². The van der Waals surface area contributed by atoms with Crippen molar-refractivity contribution in [3.63, 3.8) is 0 Å². The highest BCUT2D eigenvalue weighted by atomic mass is 16.4. The number of aliphatic hydroxyl groups excluding tert-OH is 3. The van der Waals surface area contributed by atoms with Crippen LogP contribution < -0.4 is 5.73 Å². The quantitative estimate of drug-likeness (QED) is 0.311. The third-order valence-electron chi connectivity index (χ3n) is 8.07. The van der Waals surface area contributed by atoms with E-state index in [0.717, 1.165) is 0 Å². The highest BCUT2D eigenvalue weighted by Gasteiger charge is 2.68. The van der Waals surface area contributed by atoms with Crippen molar-refractivity contribution in [1.82, 2.24) is 9.88 Å². The third-order valence-corrected chi connectivity index (χ3v) is 8.07. The lowest BCUT2D eigenvalue weighted by atomic mass is 9.54. The van der Waals surface area contributed by atoms with Gasteiger partial charge in [0.25, 0.3) is 5.91 Å². The van der Waals surface area contributed by atoms with Crippen LogP contribution in [0, 0.1) is 11.8 Å². The maximum absolute atomic E-state index is 14.0. The van der Waals surface area contributed by atoms with E-state index in [2.05, 4.69) is 4.98 Å². The second-order valence-corrected chi connectivity index (χ2v) is 10.2. The van der Waals surface area contributed by atoms with Gasteiger partial charge in [-0.25, -0.2) is 0 Å². The van der Waals surface area contributed by atoms with Gasteiger partial charge >= 0.3 is 0 Å². The smallest absolute Gasteiger partial charge is 0.255 e. The zero-order chi connectivity index (χ0) is 27.8. The van der Waals surface area contributed by atoms with Gasteiger partial charge in [-0.05, 0) is 43.8 Å². The van der Waals surface area contributed by atoms with Crippen molar-refractivity contribution in [2.75, 3.05) is 14.1 Å². The van der Waals surface area contributed by atoms with Crippen LogP contribution in [-0.2, 0) is 14.4 Å². The molecule has 2 aromatic rings. The number of aliphatic hydroxyl groups is 4. The van der Waals surface area contributed by atoms with Crippen LogP contribution in [0.5, 0.6) is 5.75 Å². The fraction of sp³-hybridized carbons (Fsp3) is 0.333. The number of carbonyl (C=O) groups is 3. The monoisotopic (exact) mass is 521 g/mol. The van der Waals surface area contributed by atoms with Crippen molar-refractivity contribution in [2.24, 2.45) is 17.6 Å². The predicted octanol–water partition coefficient (Wildman–Crippen LogP) is 0.558. The molecular weight excluding hydrogens is 494 g/mol. The van der Waals surface area contributed by atoms with Crippen LogP contribution in [0.3, 0.4) is 0 Å². The molecule has 0 bridgehead atoms. The molecule has 11 nitrogen and oxygen atoms in total. The van der Waals surface area contributed by atoms with Gasteiger partial charge in [0.2, 0.25) is 5.78 Å². The summed E-state index contributed by atoms with van der Waals surface area (Å²) in [4.78, 5) is 44.8. The van der Waals surface area contributed by atoms with Crippen LogP contribution >= 0.6 is 0 Å². The lowest BCUT2D eigenvalue weighted by Crippen LogP contribution is -2.70. The topological polar surface area (TPSA) is 195 Å². The van der Waals surface area contributed by atoms with E-state index >= 15 is 0 Å². The number of nitrogens with zero attached hydrogens (tertiary/aromatic N) is 2. The summed E-state index contributed by atoms with van der Waals surface area (Å²) in [7, 11) is 2.92. The van der Waals surface area contributed by atoms with Crippen LogP contribution in [0.1, 0.15) is 24.0 Å². The molecule has 6 atom stereocenters. The number of hydrogen-bond donors (Lipinski definition) is 6. The average Bonchev–Trinajstić information content (AvgIpc) is 2.86. The number of hydrogen-bond acceptors (Lipinski definition) is 10. The Kier molecular flexibility index (Phi) is 5.71. The number of ketones is 2. The Bertz CT molecular complexity index is 1460. The van der Waals surface area contributed by atoms with Crippen molar-refractivity contribution in [3.8, 4) is 17.0 Å². The highest BCUT2D eigenvalue weighted by Crippen LogP contribution is 2.56. The van der Waals surface area contributed by atoms with Crippen LogP contribution in [0.4, 0.5) is 0 Å². The Balaban J connectivity index is 1.79. The van der Waals surface area contributed by atoms with E-state index in [1.165, 1.54) is 25.2 Å². The molecule has 1 aromatic carbocycles. The molecule has 0 spiro atoms. The molecule has 1 aromatic heterocycles. The van der Waals surface area contributed by atoms with Gasteiger partial charge in [0.05, 0.1) is 29.3 Å². The standard InChI is InChI=1S/C27H27N3O8/c1-10-11-7-8-12(13-6-4-5-9-29-13)20(31)15(11)21(32)16-14(10)22(33)18-19(30(2)3)23(34)17(26(28)37)25(36)27(18,38)24(16)35/h4-10,14,18-19,22,31-33,36,38H,1-3H3,(H2,28,37)/t10-,14?,18?,19-,22-,27-/m0/s1. The molecular formula is C27H27N3O8. The summed E-state index contributed by atoms with van der Waals surface area (Å²) in [6.07, 6.45) is -0.109. The summed E-state index contributed by atoms with van der Waals surface area (Å²) in [6.45, 7) is 1.68. The number of amides is 1. The zero-order valence-electron chi connectivity index (χ0n) is 20.8. The van der Waals surface area contributed by atoms with Crippen LogP contribution in [0.15, 0.2) is 53.4 Å². The fourth-order valence-corrected chi connectivity index (χ4v) is 6.35. The highest BCUT2D eigenvalue weighted by molar-refractivity contribution is 6.24. The van der Waals surface area contributed by atoms with Crippen molar-refractivity contribution >= 4 is 23.2 Å². The number of likely N-dealkylation sites (N-methyl/N-ethyl adjacent to an activating group) is 1. The molecule has 0 saturated heterocycles. The molecule has 38 heavy (non-hydrogen) atoms. The van der Waals surface area contributed by atoms with Crippen molar-refractivity contribution in [3.05, 3.63) is 64.6 Å². The second kappa shape index (κ2) is 8.48. The Hall–Kier alpha value is -4.06. The van der Waals surface area contributed by atoms with Crippen molar-refractivity contribution in [1.29, 1.82) is 0 Å². The summed E-state index contributed by atoms with van der Waals surface area (Å²) in [5, 5.41) is 56.9. The number of aromatic nitrogens is 1. The van der Waals surface area contributed by atoms with Crippen LogP contribution in [0.25, 0.3) is 17.0 Å². The van der Waals surface area contributed by atoms with Gasteiger partial charge in [0, 0.05) is 23.3 Å². The first-order chi connectivity index (χ1) is 17.8. The van der Waals surface area contributed by atoms with E-state index in [1.807, 2.05) is 0 Å². The number of benzene rings is 1. The van der Waals surface area contributed by atoms with E-state index in [1.54, 1.807) is 37.3 Å². The van der Waals surface area contributed by atoms with E-state index in [-0.39, 0.29) is 16.9 Å². The van der Waals surface area contributed by atoms with Gasteiger partial charge in [0.15, 0.2) is 11.4 Å². The number of phenols is 1. The summed E-state index contributed by atoms with van der Waals surface area (Å²) in [5.41, 5.74) is 2.01. The summed E-state index contributed by atoms with van der Waals surface area (Å²) < 4.78 is 0. The molecule has 0 aliphatic heterocycles. The Morgan fingerprint density at radius 1 is 1.11 bits per heavy atom. The van der Waals surface area contributed by atoms with Crippen molar-refractivity contribution in [2.45, 2.75) is 30.6 Å². The molecule has 3 aliphatic carbocycles. The molecule has 1 fully saturated rings. The number of rotatable bonds is 3. The molecule has 1 heterocycles. The molecule has 11 heteroatoms. The van der Waals surface area contributed by atoms with Gasteiger partial charge in [-0.3, -0.25) is 24.3 Å². The van der Waals surface area contributed by atoms with Gasteiger partial charge in [-0.2, -0.15) is 0 Å². The van der Waals surface area contributed by atoms with Gasteiger partial charge in [-0.15, -0.1) is 0 Å². The zero-order valence-corrected chi connectivity index (χ0v) is 20.8. The molecule has 198 valence electrons. The second-order valence-electron chi connectivity index (χ2n) is 10.2. The molecule has 2 unspecified atom stereocenters. The minimum absolute atomic E-state index is 0.0795. The number of Topliss-reactive ketones (excluding diaryl/α,β-unsaturated/α-hetero) is 2. The molecule has 5 rings (SSSR count). The number of primary amides is 1. The Morgan fingerprint density at radius 3 is 2.37 bits per heavy atom. The summed E-state index contributed by atoms with van der Waals surface area (Å²) in [6, 6.07) is 6.92. The summed E-state index contributed by atoms with van der Waals surface area (Å²) in [5.74, 6) is -9.21. The van der Waals surface area contributed by atoms with E-state index < -0.39 is 75.6 Å². The maximum atomic E-state index is 14.0. The Labute approximate surface area is 217 Å². The predicted molar refractivity (Wildman–Crippen MR) is 134 cm³/mol. The molecule has 1 saturated carbocycles. The lowest BCUT2D eigenvalue weighted by molar-refractivity contribution is -0.169. The van der Waals surface area contributed by atoms with E-state index in [4.69, 9.17) is 5.73 Å². The molecule has 3 aliphatic rings. The first-order valence-electron chi connectivity index (χ1n) is 12.0. The molecule has 7 N–H and O–H groups in total. The van der Waals surface area contributed by atoms with E-state index in [0.29, 0.717) is 11.3 Å². The van der Waals surface area contributed by atoms with Crippen molar-refractivity contribution < 1.29 is 39.9 Å². The third kappa shape index (κ3) is 3.12. The van der Waals surface area contributed by atoms with Crippen LogP contribution in [-0.4, -0.2) is 84.7 Å².